The van der Waals surface area contributed by atoms with Crippen LogP contribution in [0.1, 0.15) is 25.3 Å². The fraction of sp³-hybridized carbons (Fsp3) is 0.556. The number of halogens is 1. The van der Waals surface area contributed by atoms with E-state index in [2.05, 4.69) is 27.4 Å². The Bertz CT molecular complexity index is 623. The van der Waals surface area contributed by atoms with Gasteiger partial charge in [0, 0.05) is 44.1 Å². The number of hydrogen-bond acceptors (Lipinski definition) is 3. The molecule has 2 rings (SSSR count). The van der Waals surface area contributed by atoms with Gasteiger partial charge < -0.3 is 15.5 Å². The van der Waals surface area contributed by atoms with Gasteiger partial charge in [-0.2, -0.15) is 11.8 Å². The van der Waals surface area contributed by atoms with Crippen LogP contribution >= 0.6 is 23.4 Å². The van der Waals surface area contributed by atoms with Crippen molar-refractivity contribution in [3.63, 3.8) is 0 Å². The molecule has 5 nitrogen and oxygen atoms in total. The Hall–Kier alpha value is -1.40. The van der Waals surface area contributed by atoms with Gasteiger partial charge in [-0.15, -0.1) is 0 Å². The highest BCUT2D eigenvalue weighted by molar-refractivity contribution is 8.00. The van der Waals surface area contributed by atoms with E-state index in [0.29, 0.717) is 28.9 Å². The molecule has 0 spiro atoms. The number of benzene rings is 1. The zero-order valence-corrected chi connectivity index (χ0v) is 16.7. The summed E-state index contributed by atoms with van der Waals surface area (Å²) >= 11 is 8.18. The first-order valence-electron chi connectivity index (χ1n) is 8.66. The van der Waals surface area contributed by atoms with Gasteiger partial charge in [0.05, 0.1) is 10.7 Å². The molecule has 1 aliphatic rings. The number of hydrogen-bond donors (Lipinski definition) is 2. The predicted molar refractivity (Wildman–Crippen MR) is 109 cm³/mol. The summed E-state index contributed by atoms with van der Waals surface area (Å²) in [6, 6.07) is 5.61. The lowest BCUT2D eigenvalue weighted by molar-refractivity contribution is -0.116. The van der Waals surface area contributed by atoms with Crippen LogP contribution in [0.25, 0.3) is 0 Å². The molecule has 0 aromatic heterocycles. The van der Waals surface area contributed by atoms with E-state index in [9.17, 15) is 4.79 Å². The molecule has 1 aliphatic heterocycles. The summed E-state index contributed by atoms with van der Waals surface area (Å²) in [5.74, 6) is 1.93. The number of guanidine groups is 1. The minimum atomic E-state index is -0.0608. The van der Waals surface area contributed by atoms with Gasteiger partial charge in [0.1, 0.15) is 0 Å². The normalized spacial score (nSPS) is 18.2. The lowest BCUT2D eigenvalue weighted by atomic mass is 10.2. The van der Waals surface area contributed by atoms with Crippen molar-refractivity contribution < 1.29 is 4.79 Å². The first-order valence-corrected chi connectivity index (χ1v) is 10.1. The Balaban J connectivity index is 1.79. The number of carbonyl (C=O) groups is 1. The molecule has 2 N–H and O–H groups in total. The summed E-state index contributed by atoms with van der Waals surface area (Å²) in [4.78, 5) is 18.8. The summed E-state index contributed by atoms with van der Waals surface area (Å²) in [5.41, 5.74) is 1.72. The van der Waals surface area contributed by atoms with Crippen molar-refractivity contribution in [3.05, 3.63) is 28.8 Å². The number of nitrogens with one attached hydrogen (secondary N) is 2. The third-order valence-corrected chi connectivity index (χ3v) is 5.82. The molecule has 138 valence electrons. The van der Waals surface area contributed by atoms with E-state index >= 15 is 0 Å². The first-order chi connectivity index (χ1) is 12.0. The maximum atomic E-state index is 12.1. The molecule has 0 saturated carbocycles. The van der Waals surface area contributed by atoms with Gasteiger partial charge in [0.25, 0.3) is 0 Å². The van der Waals surface area contributed by atoms with Gasteiger partial charge in [-0.1, -0.05) is 24.6 Å². The molecular formula is C18H27ClN4OS. The summed E-state index contributed by atoms with van der Waals surface area (Å²) in [5, 5.41) is 7.37. The number of carbonyl (C=O) groups excluding carboxylic acids is 1. The summed E-state index contributed by atoms with van der Waals surface area (Å²) < 4.78 is 0. The van der Waals surface area contributed by atoms with Crippen molar-refractivity contribution in [3.8, 4) is 0 Å². The molecule has 1 amide bonds. The third kappa shape index (κ3) is 6.12. The average Bonchev–Trinajstić information content (AvgIpc) is 2.61. The molecule has 1 saturated heterocycles. The zero-order chi connectivity index (χ0) is 18.2. The highest BCUT2D eigenvalue weighted by atomic mass is 35.5. The van der Waals surface area contributed by atoms with Crippen LogP contribution < -0.4 is 10.6 Å². The number of thioether (sulfide) groups is 1. The van der Waals surface area contributed by atoms with Crippen molar-refractivity contribution >= 4 is 40.9 Å². The lowest BCUT2D eigenvalue weighted by Gasteiger charge is -2.34. The number of aryl methyl sites for hydroxylation is 1. The second kappa shape index (κ2) is 9.92. The van der Waals surface area contributed by atoms with E-state index in [1.54, 1.807) is 7.05 Å². The quantitative estimate of drug-likeness (QED) is 0.605. The standard InChI is InChI=1S/C18H27ClN4OS/c1-4-14-12-23(9-10-25-14)18(20-3)21-8-7-17(24)22-16-6-5-13(2)11-15(16)19/h5-6,11,14H,4,7-10,12H2,1-3H3,(H,20,21)(H,22,24). The molecule has 1 heterocycles. The molecule has 1 aromatic carbocycles. The molecule has 25 heavy (non-hydrogen) atoms. The number of rotatable bonds is 5. The molecular weight excluding hydrogens is 356 g/mol. The van der Waals surface area contributed by atoms with Gasteiger partial charge in [-0.3, -0.25) is 9.79 Å². The summed E-state index contributed by atoms with van der Waals surface area (Å²) in [6.07, 6.45) is 1.53. The largest absolute Gasteiger partial charge is 0.356 e. The van der Waals surface area contributed by atoms with Crippen molar-refractivity contribution in [2.75, 3.05) is 37.8 Å². The number of aliphatic imine (C=N–C) groups is 1. The highest BCUT2D eigenvalue weighted by Crippen LogP contribution is 2.23. The minimum Gasteiger partial charge on any atom is -0.356 e. The molecule has 1 atom stereocenters. The number of anilines is 1. The Labute approximate surface area is 159 Å². The first kappa shape index (κ1) is 19.9. The van der Waals surface area contributed by atoms with E-state index in [1.807, 2.05) is 36.9 Å². The van der Waals surface area contributed by atoms with Crippen LogP contribution in [0.4, 0.5) is 5.69 Å². The van der Waals surface area contributed by atoms with Crippen LogP contribution in [0.15, 0.2) is 23.2 Å². The number of nitrogens with zero attached hydrogens (tertiary/aromatic N) is 2. The summed E-state index contributed by atoms with van der Waals surface area (Å²) in [6.45, 7) is 6.73. The van der Waals surface area contributed by atoms with Crippen molar-refractivity contribution in [2.24, 2.45) is 4.99 Å². The van der Waals surface area contributed by atoms with E-state index in [0.717, 1.165) is 36.8 Å². The molecule has 1 aromatic rings. The molecule has 1 fully saturated rings. The SMILES string of the molecule is CCC1CN(C(=NC)NCCC(=O)Nc2ccc(C)cc2Cl)CCS1. The molecule has 0 bridgehead atoms. The summed E-state index contributed by atoms with van der Waals surface area (Å²) in [7, 11) is 1.79. The minimum absolute atomic E-state index is 0.0608. The average molecular weight is 383 g/mol. The van der Waals surface area contributed by atoms with Gasteiger partial charge in [-0.05, 0) is 31.0 Å². The molecule has 1 unspecified atom stereocenters. The van der Waals surface area contributed by atoms with Crippen LogP contribution in [0, 0.1) is 6.92 Å². The van der Waals surface area contributed by atoms with Crippen LogP contribution in [-0.4, -0.2) is 54.5 Å². The predicted octanol–water partition coefficient (Wildman–Crippen LogP) is 3.38. The number of amides is 1. The van der Waals surface area contributed by atoms with Gasteiger partial charge >= 0.3 is 0 Å². The third-order valence-electron chi connectivity index (χ3n) is 4.14. The molecule has 0 aliphatic carbocycles. The van der Waals surface area contributed by atoms with Crippen molar-refractivity contribution in [1.29, 1.82) is 0 Å². The Morgan fingerprint density at radius 2 is 2.28 bits per heavy atom. The van der Waals surface area contributed by atoms with Crippen molar-refractivity contribution in [2.45, 2.75) is 31.9 Å². The maximum Gasteiger partial charge on any atom is 0.226 e. The second-order valence-electron chi connectivity index (χ2n) is 6.10. The van der Waals surface area contributed by atoms with E-state index < -0.39 is 0 Å². The van der Waals surface area contributed by atoms with E-state index in [-0.39, 0.29) is 5.91 Å². The van der Waals surface area contributed by atoms with Crippen LogP contribution in [-0.2, 0) is 4.79 Å². The Morgan fingerprint density at radius 1 is 1.48 bits per heavy atom. The smallest absolute Gasteiger partial charge is 0.226 e. The second-order valence-corrected chi connectivity index (χ2v) is 7.92. The Morgan fingerprint density at radius 3 is 2.96 bits per heavy atom. The fourth-order valence-electron chi connectivity index (χ4n) is 2.71. The lowest BCUT2D eigenvalue weighted by Crippen LogP contribution is -2.48. The van der Waals surface area contributed by atoms with Gasteiger partial charge in [-0.25, -0.2) is 0 Å². The van der Waals surface area contributed by atoms with Crippen LogP contribution in [0.3, 0.4) is 0 Å². The zero-order valence-electron chi connectivity index (χ0n) is 15.1. The maximum absolute atomic E-state index is 12.1. The van der Waals surface area contributed by atoms with E-state index in [4.69, 9.17) is 11.6 Å². The molecule has 0 radical (unpaired) electrons. The van der Waals surface area contributed by atoms with Crippen LogP contribution in [0.2, 0.25) is 5.02 Å². The van der Waals surface area contributed by atoms with Crippen molar-refractivity contribution in [1.82, 2.24) is 10.2 Å². The Kier molecular flexibility index (Phi) is 7.90. The van der Waals surface area contributed by atoms with E-state index in [1.165, 1.54) is 0 Å². The molecule has 7 heteroatoms. The van der Waals surface area contributed by atoms with Crippen LogP contribution in [0.5, 0.6) is 0 Å². The monoisotopic (exact) mass is 382 g/mol. The van der Waals surface area contributed by atoms with Gasteiger partial charge in [0.15, 0.2) is 5.96 Å². The fourth-order valence-corrected chi connectivity index (χ4v) is 4.18. The highest BCUT2D eigenvalue weighted by Gasteiger charge is 2.21. The van der Waals surface area contributed by atoms with Gasteiger partial charge in [0.2, 0.25) is 5.91 Å². The topological polar surface area (TPSA) is 56.7 Å².